The second-order valence-electron chi connectivity index (χ2n) is 3.00. The van der Waals surface area contributed by atoms with E-state index in [4.69, 9.17) is 8.85 Å². The summed E-state index contributed by atoms with van der Waals surface area (Å²) in [6, 6.07) is 16.8. The van der Waals surface area contributed by atoms with Crippen molar-refractivity contribution < 1.29 is 8.85 Å². The molecule has 2 aromatic rings. The van der Waals surface area contributed by atoms with Crippen LogP contribution < -0.4 is 4.74 Å². The molecule has 1 heteroatoms. The van der Waals surface area contributed by atoms with Crippen molar-refractivity contribution in [3.8, 4) is 16.9 Å². The lowest BCUT2D eigenvalue weighted by Gasteiger charge is -2.03. The zero-order valence-electron chi connectivity index (χ0n) is 10.6. The van der Waals surface area contributed by atoms with Crippen LogP contribution >= 0.6 is 0 Å². The van der Waals surface area contributed by atoms with Crippen molar-refractivity contribution in [3.63, 3.8) is 0 Å². The third-order valence-electron chi connectivity index (χ3n) is 2.06. The maximum atomic E-state index is 7.06. The van der Waals surface area contributed by atoms with Crippen molar-refractivity contribution in [3.05, 3.63) is 54.6 Å². The first-order valence-electron chi connectivity index (χ1n) is 5.89. The van der Waals surface area contributed by atoms with Crippen molar-refractivity contribution in [2.75, 3.05) is 7.04 Å². The molecule has 0 aromatic heterocycles. The fraction of sp³-hybridized carbons (Fsp3) is 0.0769. The largest absolute Gasteiger partial charge is 0.497 e. The van der Waals surface area contributed by atoms with E-state index < -0.39 is 7.04 Å². The number of methoxy groups -OCH3 is 1. The summed E-state index contributed by atoms with van der Waals surface area (Å²) < 4.78 is 26.0. The number of hydrogen-bond acceptors (Lipinski definition) is 1. The number of ether oxygens (including phenoxy) is 1. The van der Waals surface area contributed by atoms with Gasteiger partial charge in [0.2, 0.25) is 0 Å². The number of hydrogen-bond donors (Lipinski definition) is 0. The summed E-state index contributed by atoms with van der Waals surface area (Å²) in [5.41, 5.74) is 1.97. The van der Waals surface area contributed by atoms with Crippen LogP contribution in [0.2, 0.25) is 0 Å². The van der Waals surface area contributed by atoms with Gasteiger partial charge in [-0.15, -0.1) is 0 Å². The maximum Gasteiger partial charge on any atom is 0.119 e. The Bertz CT molecular complexity index is 492. The standard InChI is InChI=1S/C13H12O/c1-14-13-9-5-8-12(10-13)11-6-3-2-4-7-11/h2-10H,1H3/i1D3. The zero-order valence-corrected chi connectivity index (χ0v) is 7.60. The van der Waals surface area contributed by atoms with Gasteiger partial charge in [0.15, 0.2) is 0 Å². The normalized spacial score (nSPS) is 13.9. The molecule has 0 amide bonds. The molecule has 0 unspecified atom stereocenters. The first-order valence-corrected chi connectivity index (χ1v) is 4.39. The van der Waals surface area contributed by atoms with Crippen LogP contribution in [0.5, 0.6) is 5.75 Å². The van der Waals surface area contributed by atoms with Gasteiger partial charge in [-0.25, -0.2) is 0 Å². The monoisotopic (exact) mass is 187 g/mol. The molecule has 0 radical (unpaired) electrons. The van der Waals surface area contributed by atoms with Crippen molar-refractivity contribution in [2.24, 2.45) is 0 Å². The maximum absolute atomic E-state index is 7.06. The van der Waals surface area contributed by atoms with Gasteiger partial charge < -0.3 is 4.74 Å². The molecular formula is C13H12O. The molecule has 0 saturated carbocycles. The highest BCUT2D eigenvalue weighted by Crippen LogP contribution is 2.22. The van der Waals surface area contributed by atoms with E-state index in [-0.39, 0.29) is 0 Å². The third kappa shape index (κ3) is 1.77. The summed E-state index contributed by atoms with van der Waals surface area (Å²) in [5.74, 6) is 0.353. The van der Waals surface area contributed by atoms with Gasteiger partial charge >= 0.3 is 0 Å². The highest BCUT2D eigenvalue weighted by atomic mass is 16.5. The van der Waals surface area contributed by atoms with E-state index in [2.05, 4.69) is 0 Å². The van der Waals surface area contributed by atoms with E-state index in [0.29, 0.717) is 5.75 Å². The predicted molar refractivity (Wildman–Crippen MR) is 58.4 cm³/mol. The molecule has 1 nitrogen and oxygen atoms in total. The Hall–Kier alpha value is -1.76. The summed E-state index contributed by atoms with van der Waals surface area (Å²) in [7, 11) is -2.41. The summed E-state index contributed by atoms with van der Waals surface area (Å²) in [4.78, 5) is 0. The summed E-state index contributed by atoms with van der Waals surface area (Å²) in [5, 5.41) is 0. The van der Waals surface area contributed by atoms with Crippen LogP contribution in [0.15, 0.2) is 54.6 Å². The SMILES string of the molecule is [2H]C([2H])([2H])Oc1cccc(-c2ccccc2)c1. The molecule has 0 aliphatic carbocycles. The quantitative estimate of drug-likeness (QED) is 0.700. The Kier molecular flexibility index (Phi) is 1.66. The Labute approximate surface area is 88.2 Å². The van der Waals surface area contributed by atoms with Gasteiger partial charge in [0.1, 0.15) is 5.75 Å². The molecule has 0 spiro atoms. The van der Waals surface area contributed by atoms with E-state index in [9.17, 15) is 0 Å². The van der Waals surface area contributed by atoms with E-state index in [1.54, 1.807) is 18.2 Å². The first kappa shape index (κ1) is 5.86. The number of benzene rings is 2. The minimum atomic E-state index is -2.41. The molecule has 0 atom stereocenters. The Morgan fingerprint density at radius 2 is 1.71 bits per heavy atom. The van der Waals surface area contributed by atoms with Crippen LogP contribution in [0.1, 0.15) is 4.11 Å². The highest BCUT2D eigenvalue weighted by molar-refractivity contribution is 5.64. The predicted octanol–water partition coefficient (Wildman–Crippen LogP) is 3.36. The second kappa shape index (κ2) is 3.97. The van der Waals surface area contributed by atoms with E-state index >= 15 is 0 Å². The molecule has 0 aliphatic rings. The molecule has 0 aliphatic heterocycles. The molecule has 0 bridgehead atoms. The topological polar surface area (TPSA) is 9.23 Å². The molecule has 2 rings (SSSR count). The van der Waals surface area contributed by atoms with Crippen LogP contribution in [0, 0.1) is 0 Å². The van der Waals surface area contributed by atoms with Crippen molar-refractivity contribution in [2.45, 2.75) is 0 Å². The molecule has 0 heterocycles. The minimum absolute atomic E-state index is 0.353. The Morgan fingerprint density at radius 3 is 2.50 bits per heavy atom. The van der Waals surface area contributed by atoms with Gasteiger partial charge in [-0.3, -0.25) is 0 Å². The fourth-order valence-electron chi connectivity index (χ4n) is 1.37. The molecule has 0 saturated heterocycles. The lowest BCUT2D eigenvalue weighted by atomic mass is 10.1. The average Bonchev–Trinajstić information content (AvgIpc) is 2.28. The summed E-state index contributed by atoms with van der Waals surface area (Å²) in [6.07, 6.45) is 0. The van der Waals surface area contributed by atoms with Gasteiger partial charge in [-0.1, -0.05) is 42.5 Å². The van der Waals surface area contributed by atoms with E-state index in [1.165, 1.54) is 0 Å². The molecule has 0 N–H and O–H groups in total. The van der Waals surface area contributed by atoms with Crippen molar-refractivity contribution in [1.29, 1.82) is 0 Å². The van der Waals surface area contributed by atoms with Crippen LogP contribution in [0.3, 0.4) is 0 Å². The molecule has 14 heavy (non-hydrogen) atoms. The van der Waals surface area contributed by atoms with Crippen LogP contribution in [-0.2, 0) is 0 Å². The van der Waals surface area contributed by atoms with E-state index in [1.807, 2.05) is 36.4 Å². The minimum Gasteiger partial charge on any atom is -0.497 e. The smallest absolute Gasteiger partial charge is 0.119 e. The van der Waals surface area contributed by atoms with Gasteiger partial charge in [-0.2, -0.15) is 0 Å². The van der Waals surface area contributed by atoms with Gasteiger partial charge in [0.25, 0.3) is 0 Å². The van der Waals surface area contributed by atoms with Crippen LogP contribution in [0.25, 0.3) is 11.1 Å². The van der Waals surface area contributed by atoms with E-state index in [0.717, 1.165) is 11.1 Å². The van der Waals surface area contributed by atoms with Gasteiger partial charge in [0.05, 0.1) is 11.2 Å². The molecular weight excluding hydrogens is 172 g/mol. The summed E-state index contributed by atoms with van der Waals surface area (Å²) in [6.45, 7) is 0. The lowest BCUT2D eigenvalue weighted by molar-refractivity contribution is 0.415. The Morgan fingerprint density at radius 1 is 0.929 bits per heavy atom. The van der Waals surface area contributed by atoms with Crippen LogP contribution in [0.4, 0.5) is 0 Å². The van der Waals surface area contributed by atoms with Crippen molar-refractivity contribution in [1.82, 2.24) is 0 Å². The molecule has 70 valence electrons. The number of rotatable bonds is 2. The fourth-order valence-corrected chi connectivity index (χ4v) is 1.37. The zero-order chi connectivity index (χ0) is 12.3. The highest BCUT2D eigenvalue weighted by Gasteiger charge is 1.97. The van der Waals surface area contributed by atoms with Gasteiger partial charge in [-0.05, 0) is 23.3 Å². The van der Waals surface area contributed by atoms with Crippen molar-refractivity contribution >= 4 is 0 Å². The second-order valence-corrected chi connectivity index (χ2v) is 3.00. The van der Waals surface area contributed by atoms with Gasteiger partial charge in [0, 0.05) is 0 Å². The first-order chi connectivity index (χ1) is 8.04. The molecule has 0 fully saturated rings. The van der Waals surface area contributed by atoms with Crippen LogP contribution in [-0.4, -0.2) is 7.04 Å². The average molecular weight is 187 g/mol. The third-order valence-corrected chi connectivity index (χ3v) is 2.06. The molecule has 2 aromatic carbocycles. The lowest BCUT2D eigenvalue weighted by Crippen LogP contribution is -1.83. The Balaban J connectivity index is 2.29. The summed E-state index contributed by atoms with van der Waals surface area (Å²) >= 11 is 0.